The van der Waals surface area contributed by atoms with Gasteiger partial charge < -0.3 is 24.3 Å². The number of rotatable bonds is 5. The highest BCUT2D eigenvalue weighted by Crippen LogP contribution is 2.30. The van der Waals surface area contributed by atoms with Crippen molar-refractivity contribution in [1.29, 1.82) is 0 Å². The number of alkyl carbamates (subject to hydrolysis) is 1. The molecule has 0 spiro atoms. The van der Waals surface area contributed by atoms with Crippen molar-refractivity contribution in [2.45, 2.75) is 6.04 Å². The van der Waals surface area contributed by atoms with Gasteiger partial charge in [0.05, 0.1) is 14.2 Å². The smallest absolute Gasteiger partial charge is 0.407 e. The van der Waals surface area contributed by atoms with E-state index in [1.165, 1.54) is 0 Å². The summed E-state index contributed by atoms with van der Waals surface area (Å²) < 4.78 is 20.6. The van der Waals surface area contributed by atoms with Gasteiger partial charge in [-0.3, -0.25) is 0 Å². The van der Waals surface area contributed by atoms with Crippen molar-refractivity contribution in [2.24, 2.45) is 0 Å². The SMILES string of the molecule is COc1ccc(OC[C@@H]2COC(=O)N2)cc1OC. The van der Waals surface area contributed by atoms with E-state index in [-0.39, 0.29) is 6.04 Å². The van der Waals surface area contributed by atoms with Crippen molar-refractivity contribution in [1.82, 2.24) is 5.32 Å². The number of ether oxygens (including phenoxy) is 4. The van der Waals surface area contributed by atoms with Crippen LogP contribution in [0.4, 0.5) is 4.79 Å². The number of methoxy groups -OCH3 is 2. The summed E-state index contributed by atoms with van der Waals surface area (Å²) in [6, 6.07) is 5.15. The van der Waals surface area contributed by atoms with Crippen molar-refractivity contribution in [2.75, 3.05) is 27.4 Å². The van der Waals surface area contributed by atoms with Crippen LogP contribution in [0.5, 0.6) is 17.2 Å². The van der Waals surface area contributed by atoms with Gasteiger partial charge in [0.25, 0.3) is 0 Å². The predicted molar refractivity (Wildman–Crippen MR) is 63.3 cm³/mol. The second kappa shape index (κ2) is 5.48. The van der Waals surface area contributed by atoms with Gasteiger partial charge in [0.2, 0.25) is 0 Å². The van der Waals surface area contributed by atoms with Crippen molar-refractivity contribution >= 4 is 6.09 Å². The lowest BCUT2D eigenvalue weighted by Crippen LogP contribution is -2.32. The number of nitrogens with one attached hydrogen (secondary N) is 1. The summed E-state index contributed by atoms with van der Waals surface area (Å²) in [7, 11) is 3.14. The zero-order valence-electron chi connectivity index (χ0n) is 10.3. The summed E-state index contributed by atoms with van der Waals surface area (Å²) in [5.74, 6) is 1.89. The van der Waals surface area contributed by atoms with Crippen molar-refractivity contribution in [3.8, 4) is 17.2 Å². The van der Waals surface area contributed by atoms with Crippen molar-refractivity contribution in [3.05, 3.63) is 18.2 Å². The fraction of sp³-hybridized carbons (Fsp3) is 0.417. The van der Waals surface area contributed by atoms with E-state index in [0.717, 1.165) is 0 Å². The largest absolute Gasteiger partial charge is 0.493 e. The number of carbonyl (C=O) groups is 1. The molecule has 98 valence electrons. The van der Waals surface area contributed by atoms with E-state index in [0.29, 0.717) is 30.5 Å². The van der Waals surface area contributed by atoms with Crippen LogP contribution >= 0.6 is 0 Å². The van der Waals surface area contributed by atoms with Gasteiger partial charge in [-0.2, -0.15) is 0 Å². The molecule has 6 nitrogen and oxygen atoms in total. The molecular formula is C12H15NO5. The lowest BCUT2D eigenvalue weighted by atomic mass is 10.3. The van der Waals surface area contributed by atoms with Crippen LogP contribution in [0.1, 0.15) is 0 Å². The molecule has 1 N–H and O–H groups in total. The van der Waals surface area contributed by atoms with E-state index in [2.05, 4.69) is 5.32 Å². The van der Waals surface area contributed by atoms with Gasteiger partial charge >= 0.3 is 6.09 Å². The summed E-state index contributed by atoms with van der Waals surface area (Å²) >= 11 is 0. The molecule has 1 saturated heterocycles. The Labute approximate surface area is 105 Å². The number of carbonyl (C=O) groups excluding carboxylic acids is 1. The van der Waals surface area contributed by atoms with Gasteiger partial charge in [0, 0.05) is 6.07 Å². The molecule has 0 unspecified atom stereocenters. The Balaban J connectivity index is 1.95. The van der Waals surface area contributed by atoms with Gasteiger partial charge in [-0.25, -0.2) is 4.79 Å². The Morgan fingerprint density at radius 2 is 2.11 bits per heavy atom. The number of benzene rings is 1. The summed E-state index contributed by atoms with van der Waals surface area (Å²) in [6.07, 6.45) is -0.407. The predicted octanol–water partition coefficient (Wildman–Crippen LogP) is 1.19. The molecule has 1 aromatic carbocycles. The lowest BCUT2D eigenvalue weighted by Gasteiger charge is -2.12. The molecule has 0 aromatic heterocycles. The quantitative estimate of drug-likeness (QED) is 0.853. The molecule has 0 aliphatic carbocycles. The Morgan fingerprint density at radius 3 is 2.72 bits per heavy atom. The summed E-state index contributed by atoms with van der Waals surface area (Å²) in [5, 5.41) is 2.63. The van der Waals surface area contributed by atoms with Gasteiger partial charge in [-0.1, -0.05) is 0 Å². The Bertz CT molecular complexity index is 434. The van der Waals surface area contributed by atoms with Gasteiger partial charge in [-0.05, 0) is 12.1 Å². The fourth-order valence-electron chi connectivity index (χ4n) is 1.62. The third kappa shape index (κ3) is 2.77. The zero-order valence-corrected chi connectivity index (χ0v) is 10.3. The monoisotopic (exact) mass is 253 g/mol. The van der Waals surface area contributed by atoms with Crippen molar-refractivity contribution in [3.63, 3.8) is 0 Å². The number of cyclic esters (lactones) is 1. The topological polar surface area (TPSA) is 66.0 Å². The first-order chi connectivity index (χ1) is 8.72. The minimum atomic E-state index is -0.407. The average Bonchev–Trinajstić information content (AvgIpc) is 2.81. The summed E-state index contributed by atoms with van der Waals surface area (Å²) in [6.45, 7) is 0.674. The van der Waals surface area contributed by atoms with Gasteiger partial charge in [-0.15, -0.1) is 0 Å². The third-order valence-corrected chi connectivity index (χ3v) is 2.54. The van der Waals surface area contributed by atoms with Crippen molar-refractivity contribution < 1.29 is 23.7 Å². The molecule has 0 saturated carbocycles. The standard InChI is InChI=1S/C12H15NO5/c1-15-10-4-3-9(5-11(10)16-2)17-6-8-7-18-12(14)13-8/h3-5,8H,6-7H2,1-2H3,(H,13,14)/t8-/m1/s1. The second-order valence-electron chi connectivity index (χ2n) is 3.77. The molecule has 6 heteroatoms. The first-order valence-electron chi connectivity index (χ1n) is 5.51. The van der Waals surface area contributed by atoms with E-state index < -0.39 is 6.09 Å². The van der Waals surface area contributed by atoms with Crippen LogP contribution in [0.15, 0.2) is 18.2 Å². The maximum Gasteiger partial charge on any atom is 0.407 e. The highest BCUT2D eigenvalue weighted by Gasteiger charge is 2.22. The molecule has 1 heterocycles. The fourth-order valence-corrected chi connectivity index (χ4v) is 1.62. The molecule has 1 fully saturated rings. The molecule has 1 aliphatic heterocycles. The van der Waals surface area contributed by atoms with Crippen LogP contribution in [0.25, 0.3) is 0 Å². The van der Waals surface area contributed by atoms with E-state index in [9.17, 15) is 4.79 Å². The van der Waals surface area contributed by atoms with E-state index >= 15 is 0 Å². The number of hydrogen-bond donors (Lipinski definition) is 1. The third-order valence-electron chi connectivity index (χ3n) is 2.54. The van der Waals surface area contributed by atoms with Crippen LogP contribution in [-0.4, -0.2) is 39.6 Å². The first kappa shape index (κ1) is 12.3. The van der Waals surface area contributed by atoms with E-state index in [4.69, 9.17) is 18.9 Å². The first-order valence-corrected chi connectivity index (χ1v) is 5.51. The second-order valence-corrected chi connectivity index (χ2v) is 3.77. The van der Waals surface area contributed by atoms with Gasteiger partial charge in [0.15, 0.2) is 11.5 Å². The zero-order chi connectivity index (χ0) is 13.0. The maximum absolute atomic E-state index is 10.8. The lowest BCUT2D eigenvalue weighted by molar-refractivity contribution is 0.174. The van der Waals surface area contributed by atoms with E-state index in [1.54, 1.807) is 32.4 Å². The Hall–Kier alpha value is -2.11. The minimum absolute atomic E-state index is 0.120. The average molecular weight is 253 g/mol. The van der Waals surface area contributed by atoms with Crippen LogP contribution in [0, 0.1) is 0 Å². The minimum Gasteiger partial charge on any atom is -0.493 e. The molecule has 0 bridgehead atoms. The number of hydrogen-bond acceptors (Lipinski definition) is 5. The Kier molecular flexibility index (Phi) is 3.76. The normalized spacial score (nSPS) is 17.9. The maximum atomic E-state index is 10.8. The molecule has 18 heavy (non-hydrogen) atoms. The molecule has 1 aliphatic rings. The van der Waals surface area contributed by atoms with E-state index in [1.807, 2.05) is 0 Å². The van der Waals surface area contributed by atoms with Crippen LogP contribution in [0.3, 0.4) is 0 Å². The van der Waals surface area contributed by atoms with Crippen LogP contribution in [-0.2, 0) is 4.74 Å². The Morgan fingerprint density at radius 1 is 1.33 bits per heavy atom. The molecule has 0 radical (unpaired) electrons. The molecule has 2 rings (SSSR count). The summed E-state index contributed by atoms with van der Waals surface area (Å²) in [4.78, 5) is 10.8. The summed E-state index contributed by atoms with van der Waals surface area (Å²) in [5.41, 5.74) is 0. The van der Waals surface area contributed by atoms with Gasteiger partial charge in [0.1, 0.15) is 25.0 Å². The molecule has 1 amide bonds. The molecular weight excluding hydrogens is 238 g/mol. The van der Waals surface area contributed by atoms with Crippen LogP contribution < -0.4 is 19.5 Å². The highest BCUT2D eigenvalue weighted by molar-refractivity contribution is 5.69. The molecule has 1 aromatic rings. The van der Waals surface area contributed by atoms with Crippen LogP contribution in [0.2, 0.25) is 0 Å². The number of amides is 1. The highest BCUT2D eigenvalue weighted by atomic mass is 16.6. The molecule has 1 atom stereocenters.